The van der Waals surface area contributed by atoms with Gasteiger partial charge in [-0.3, -0.25) is 4.79 Å². The number of amides is 1. The number of rotatable bonds is 3. The maximum atomic E-state index is 13.2. The Kier molecular flexibility index (Phi) is 4.04. The number of hydrogen-bond donors (Lipinski definition) is 2. The first-order valence-electron chi connectivity index (χ1n) is 6.59. The molecule has 0 bridgehead atoms. The molecule has 4 N–H and O–H groups in total. The fraction of sp³-hybridized carbons (Fsp3) is 0.500. The van der Waals surface area contributed by atoms with Crippen molar-refractivity contribution in [1.82, 2.24) is 0 Å². The Bertz CT molecular complexity index is 468. The van der Waals surface area contributed by atoms with Crippen molar-refractivity contribution >= 4 is 11.6 Å². The van der Waals surface area contributed by atoms with Crippen LogP contribution in [0.3, 0.4) is 0 Å². The lowest BCUT2D eigenvalue weighted by Gasteiger charge is -2.35. The summed E-state index contributed by atoms with van der Waals surface area (Å²) < 4.78 is 13.2. The van der Waals surface area contributed by atoms with Gasteiger partial charge >= 0.3 is 0 Å². The van der Waals surface area contributed by atoms with Crippen molar-refractivity contribution in [3.05, 3.63) is 29.6 Å². The maximum absolute atomic E-state index is 13.2. The third-order valence-corrected chi connectivity index (χ3v) is 3.85. The molecule has 1 unspecified atom stereocenters. The lowest BCUT2D eigenvalue weighted by Crippen LogP contribution is -2.40. The van der Waals surface area contributed by atoms with Gasteiger partial charge in [0.25, 0.3) is 5.91 Å². The molecule has 1 aromatic carbocycles. The van der Waals surface area contributed by atoms with Crippen LogP contribution in [-0.2, 0) is 0 Å². The van der Waals surface area contributed by atoms with Gasteiger partial charge in [-0.2, -0.15) is 0 Å². The largest absolute Gasteiger partial charge is 0.371 e. The summed E-state index contributed by atoms with van der Waals surface area (Å²) in [6.45, 7) is 3.66. The van der Waals surface area contributed by atoms with Crippen molar-refractivity contribution in [2.45, 2.75) is 25.8 Å². The molecule has 0 aliphatic carbocycles. The van der Waals surface area contributed by atoms with Gasteiger partial charge in [0, 0.05) is 24.8 Å². The Morgan fingerprint density at radius 2 is 2.05 bits per heavy atom. The highest BCUT2D eigenvalue weighted by atomic mass is 19.1. The highest BCUT2D eigenvalue weighted by molar-refractivity contribution is 5.98. The van der Waals surface area contributed by atoms with Crippen LogP contribution in [0.2, 0.25) is 0 Å². The second-order valence-corrected chi connectivity index (χ2v) is 5.21. The predicted molar refractivity (Wildman–Crippen MR) is 73.5 cm³/mol. The predicted octanol–water partition coefficient (Wildman–Crippen LogP) is 1.49. The zero-order chi connectivity index (χ0) is 14.0. The molecule has 19 heavy (non-hydrogen) atoms. The monoisotopic (exact) mass is 265 g/mol. The van der Waals surface area contributed by atoms with Crippen molar-refractivity contribution in [3.63, 3.8) is 0 Å². The number of primary amides is 1. The summed E-state index contributed by atoms with van der Waals surface area (Å²) in [6.07, 6.45) is 1.96. The van der Waals surface area contributed by atoms with Gasteiger partial charge in [0.1, 0.15) is 5.82 Å². The minimum Gasteiger partial charge on any atom is -0.371 e. The molecule has 0 radical (unpaired) electrons. The fourth-order valence-corrected chi connectivity index (χ4v) is 2.65. The molecule has 0 aromatic heterocycles. The van der Waals surface area contributed by atoms with E-state index in [1.807, 2.05) is 6.92 Å². The third-order valence-electron chi connectivity index (χ3n) is 3.85. The quantitative estimate of drug-likeness (QED) is 0.869. The topological polar surface area (TPSA) is 72.3 Å². The van der Waals surface area contributed by atoms with E-state index in [0.717, 1.165) is 31.6 Å². The molecule has 1 fully saturated rings. The van der Waals surface area contributed by atoms with Gasteiger partial charge < -0.3 is 16.4 Å². The second-order valence-electron chi connectivity index (χ2n) is 5.21. The van der Waals surface area contributed by atoms with Crippen molar-refractivity contribution in [2.24, 2.45) is 17.4 Å². The fourth-order valence-electron chi connectivity index (χ4n) is 2.65. The molecular weight excluding hydrogens is 245 g/mol. The lowest BCUT2D eigenvalue weighted by atomic mass is 9.90. The number of nitrogens with zero attached hydrogens (tertiary/aromatic N) is 1. The van der Waals surface area contributed by atoms with Crippen LogP contribution in [0.25, 0.3) is 0 Å². The molecule has 0 spiro atoms. The number of anilines is 1. The van der Waals surface area contributed by atoms with E-state index >= 15 is 0 Å². The standard InChI is InChI=1S/C14H20FN3O/c1-9(16)10-4-6-18(7-5-10)13-3-2-11(15)8-12(13)14(17)19/h2-3,8-10H,4-7,16H2,1H3,(H2,17,19). The molecule has 5 heteroatoms. The Balaban J connectivity index is 2.17. The van der Waals surface area contributed by atoms with E-state index in [1.54, 1.807) is 6.07 Å². The number of halogens is 1. The average molecular weight is 265 g/mol. The Morgan fingerprint density at radius 1 is 1.42 bits per heavy atom. The van der Waals surface area contributed by atoms with E-state index in [0.29, 0.717) is 5.92 Å². The van der Waals surface area contributed by atoms with Crippen molar-refractivity contribution in [1.29, 1.82) is 0 Å². The number of carbonyl (C=O) groups excluding carboxylic acids is 1. The highest BCUT2D eigenvalue weighted by Gasteiger charge is 2.24. The molecule has 104 valence electrons. The van der Waals surface area contributed by atoms with E-state index in [2.05, 4.69) is 4.90 Å². The van der Waals surface area contributed by atoms with Crippen LogP contribution < -0.4 is 16.4 Å². The molecule has 1 aliphatic rings. The van der Waals surface area contributed by atoms with Crippen LogP contribution in [0.4, 0.5) is 10.1 Å². The Labute approximate surface area is 112 Å². The zero-order valence-electron chi connectivity index (χ0n) is 11.1. The molecule has 1 aromatic rings. The first-order valence-corrected chi connectivity index (χ1v) is 6.59. The zero-order valence-corrected chi connectivity index (χ0v) is 11.1. The minimum absolute atomic E-state index is 0.186. The molecule has 0 saturated carbocycles. The maximum Gasteiger partial charge on any atom is 0.250 e. The highest BCUT2D eigenvalue weighted by Crippen LogP contribution is 2.27. The molecule has 1 amide bonds. The van der Waals surface area contributed by atoms with Gasteiger partial charge in [-0.1, -0.05) is 0 Å². The molecular formula is C14H20FN3O. The molecule has 1 heterocycles. The van der Waals surface area contributed by atoms with Gasteiger partial charge in [0.2, 0.25) is 0 Å². The van der Waals surface area contributed by atoms with Gasteiger partial charge in [0.05, 0.1) is 5.56 Å². The number of carbonyl (C=O) groups is 1. The summed E-state index contributed by atoms with van der Waals surface area (Å²) in [4.78, 5) is 13.5. The van der Waals surface area contributed by atoms with E-state index < -0.39 is 11.7 Å². The SMILES string of the molecule is CC(N)C1CCN(c2ccc(F)cc2C(N)=O)CC1. The van der Waals surface area contributed by atoms with E-state index in [9.17, 15) is 9.18 Å². The molecule has 1 saturated heterocycles. The van der Waals surface area contributed by atoms with E-state index in [-0.39, 0.29) is 11.6 Å². The van der Waals surface area contributed by atoms with Crippen LogP contribution in [0.5, 0.6) is 0 Å². The molecule has 2 rings (SSSR count). The number of piperidine rings is 1. The normalized spacial score (nSPS) is 18.4. The molecule has 1 aliphatic heterocycles. The van der Waals surface area contributed by atoms with Crippen LogP contribution >= 0.6 is 0 Å². The summed E-state index contributed by atoms with van der Waals surface area (Å²) in [5.41, 5.74) is 12.2. The van der Waals surface area contributed by atoms with Gasteiger partial charge in [-0.25, -0.2) is 4.39 Å². The first kappa shape index (κ1) is 13.8. The van der Waals surface area contributed by atoms with Gasteiger partial charge in [-0.15, -0.1) is 0 Å². The summed E-state index contributed by atoms with van der Waals surface area (Å²) >= 11 is 0. The van der Waals surface area contributed by atoms with Crippen LogP contribution in [0.1, 0.15) is 30.1 Å². The smallest absolute Gasteiger partial charge is 0.250 e. The number of hydrogen-bond acceptors (Lipinski definition) is 3. The van der Waals surface area contributed by atoms with Gasteiger partial charge in [0.15, 0.2) is 0 Å². The lowest BCUT2D eigenvalue weighted by molar-refractivity contribution is 0.1000. The first-order chi connectivity index (χ1) is 8.99. The number of benzene rings is 1. The summed E-state index contributed by atoms with van der Waals surface area (Å²) in [5.74, 6) is -0.527. The molecule has 1 atom stereocenters. The van der Waals surface area contributed by atoms with Crippen LogP contribution in [-0.4, -0.2) is 25.0 Å². The Hall–Kier alpha value is -1.62. The van der Waals surface area contributed by atoms with Crippen LogP contribution in [0, 0.1) is 11.7 Å². The second kappa shape index (κ2) is 5.57. The van der Waals surface area contributed by atoms with Gasteiger partial charge in [-0.05, 0) is 43.9 Å². The van der Waals surface area contributed by atoms with Crippen molar-refractivity contribution in [2.75, 3.05) is 18.0 Å². The Morgan fingerprint density at radius 3 is 2.58 bits per heavy atom. The minimum atomic E-state index is -0.594. The van der Waals surface area contributed by atoms with Crippen LogP contribution in [0.15, 0.2) is 18.2 Å². The molecule has 4 nitrogen and oxygen atoms in total. The average Bonchev–Trinajstić information content (AvgIpc) is 2.38. The van der Waals surface area contributed by atoms with E-state index in [4.69, 9.17) is 11.5 Å². The van der Waals surface area contributed by atoms with Crippen molar-refractivity contribution < 1.29 is 9.18 Å². The number of nitrogens with two attached hydrogens (primary N) is 2. The van der Waals surface area contributed by atoms with Crippen molar-refractivity contribution in [3.8, 4) is 0 Å². The van der Waals surface area contributed by atoms with E-state index in [1.165, 1.54) is 12.1 Å². The third kappa shape index (κ3) is 3.04. The summed E-state index contributed by atoms with van der Waals surface area (Å²) in [7, 11) is 0. The summed E-state index contributed by atoms with van der Waals surface area (Å²) in [5, 5.41) is 0. The summed E-state index contributed by atoms with van der Waals surface area (Å²) in [6, 6.07) is 4.38.